The Morgan fingerprint density at radius 1 is 0.828 bits per heavy atom. The Kier molecular flexibility index (Phi) is 6.56. The molecular formula is C24H18F4O. The molecule has 0 aromatic heterocycles. The molecule has 0 heterocycles. The molecule has 3 rings (SSSR count). The van der Waals surface area contributed by atoms with E-state index in [1.165, 1.54) is 24.3 Å². The van der Waals surface area contributed by atoms with Crippen molar-refractivity contribution in [2.45, 2.75) is 26.4 Å². The molecule has 0 aliphatic rings. The monoisotopic (exact) mass is 398 g/mol. The van der Waals surface area contributed by atoms with Gasteiger partial charge in [-0.3, -0.25) is 0 Å². The van der Waals surface area contributed by atoms with Crippen LogP contribution in [0, 0.1) is 23.5 Å². The molecule has 0 saturated heterocycles. The number of hydrogen-bond acceptors (Lipinski definition) is 1. The first-order valence-corrected chi connectivity index (χ1v) is 9.11. The highest BCUT2D eigenvalue weighted by molar-refractivity contribution is 5.65. The second kappa shape index (κ2) is 9.29. The van der Waals surface area contributed by atoms with Gasteiger partial charge in [0.15, 0.2) is 0 Å². The summed E-state index contributed by atoms with van der Waals surface area (Å²) in [4.78, 5) is 0. The highest BCUT2D eigenvalue weighted by Crippen LogP contribution is 2.24. The van der Waals surface area contributed by atoms with Crippen LogP contribution in [0.25, 0.3) is 11.1 Å². The van der Waals surface area contributed by atoms with Gasteiger partial charge in [-0.15, -0.1) is 0 Å². The maximum Gasteiger partial charge on any atom is 0.387 e. The molecule has 0 bridgehead atoms. The maximum atomic E-state index is 14.1. The normalized spacial score (nSPS) is 10.6. The van der Waals surface area contributed by atoms with Crippen LogP contribution in [0.4, 0.5) is 17.6 Å². The minimum atomic E-state index is -2.86. The Labute approximate surface area is 167 Å². The Morgan fingerprint density at radius 3 is 1.90 bits per heavy atom. The molecule has 0 radical (unpaired) electrons. The lowest BCUT2D eigenvalue weighted by Gasteiger charge is -2.06. The zero-order valence-electron chi connectivity index (χ0n) is 15.7. The molecule has 3 aromatic carbocycles. The Hall–Kier alpha value is -3.26. The topological polar surface area (TPSA) is 9.23 Å². The number of hydrogen-bond donors (Lipinski definition) is 0. The molecule has 0 saturated carbocycles. The van der Waals surface area contributed by atoms with Gasteiger partial charge in [0.25, 0.3) is 0 Å². The van der Waals surface area contributed by atoms with Crippen LogP contribution in [0.2, 0.25) is 0 Å². The number of benzene rings is 3. The van der Waals surface area contributed by atoms with Crippen LogP contribution >= 0.6 is 0 Å². The third kappa shape index (κ3) is 5.39. The lowest BCUT2D eigenvalue weighted by molar-refractivity contribution is -0.0498. The molecule has 3 aromatic rings. The smallest absolute Gasteiger partial charge is 0.387 e. The third-order valence-electron chi connectivity index (χ3n) is 4.27. The molecule has 5 heteroatoms. The quantitative estimate of drug-likeness (QED) is 0.348. The van der Waals surface area contributed by atoms with Crippen LogP contribution < -0.4 is 4.74 Å². The predicted octanol–water partition coefficient (Wildman–Crippen LogP) is 6.59. The van der Waals surface area contributed by atoms with E-state index in [1.54, 1.807) is 36.4 Å². The zero-order valence-corrected chi connectivity index (χ0v) is 15.7. The molecule has 29 heavy (non-hydrogen) atoms. The van der Waals surface area contributed by atoms with E-state index < -0.39 is 18.2 Å². The Bertz CT molecular complexity index is 1010. The van der Waals surface area contributed by atoms with Gasteiger partial charge in [-0.05, 0) is 59.5 Å². The fourth-order valence-electron chi connectivity index (χ4n) is 2.89. The molecule has 0 spiro atoms. The Balaban J connectivity index is 1.77. The largest absolute Gasteiger partial charge is 0.435 e. The number of ether oxygens (including phenoxy) is 1. The van der Waals surface area contributed by atoms with Gasteiger partial charge in [0, 0.05) is 5.56 Å². The van der Waals surface area contributed by atoms with E-state index >= 15 is 0 Å². The molecule has 1 nitrogen and oxygen atoms in total. The Morgan fingerprint density at radius 2 is 1.38 bits per heavy atom. The average molecular weight is 398 g/mol. The van der Waals surface area contributed by atoms with E-state index in [2.05, 4.69) is 16.6 Å². The molecule has 0 unspecified atom stereocenters. The van der Waals surface area contributed by atoms with E-state index in [1.807, 2.05) is 6.92 Å². The standard InChI is InChI=1S/C24H18F4O/c1-2-3-17-14-22(25)21(23(26)15-17)13-6-16-4-7-18(8-5-16)19-9-11-20(12-10-19)29-24(27)28/h4-5,7-12,14-15,24H,2-3H2,1H3. The van der Waals surface area contributed by atoms with E-state index in [0.717, 1.165) is 17.5 Å². The summed E-state index contributed by atoms with van der Waals surface area (Å²) in [5, 5.41) is 0. The number of alkyl halides is 2. The van der Waals surface area contributed by atoms with Gasteiger partial charge in [-0.25, -0.2) is 8.78 Å². The molecule has 0 aliphatic carbocycles. The summed E-state index contributed by atoms with van der Waals surface area (Å²) in [5.74, 6) is 4.09. The number of aryl methyl sites for hydroxylation is 1. The minimum Gasteiger partial charge on any atom is -0.435 e. The lowest BCUT2D eigenvalue weighted by Crippen LogP contribution is -2.01. The van der Waals surface area contributed by atoms with Crippen LogP contribution in [-0.4, -0.2) is 6.61 Å². The summed E-state index contributed by atoms with van der Waals surface area (Å²) in [6.07, 6.45) is 1.41. The SMILES string of the molecule is CCCc1cc(F)c(C#Cc2ccc(-c3ccc(OC(F)F)cc3)cc2)c(F)c1. The van der Waals surface area contributed by atoms with Crippen molar-refractivity contribution in [1.29, 1.82) is 0 Å². The molecular weight excluding hydrogens is 380 g/mol. The third-order valence-corrected chi connectivity index (χ3v) is 4.27. The molecule has 148 valence electrons. The highest BCUT2D eigenvalue weighted by Gasteiger charge is 2.09. The van der Waals surface area contributed by atoms with Gasteiger partial charge in [0.2, 0.25) is 0 Å². The fraction of sp³-hybridized carbons (Fsp3) is 0.167. The minimum absolute atomic E-state index is 0.0836. The summed E-state index contributed by atoms with van der Waals surface area (Å²) in [5.41, 5.74) is 2.63. The summed E-state index contributed by atoms with van der Waals surface area (Å²) < 4.78 is 57.0. The number of rotatable bonds is 5. The van der Waals surface area contributed by atoms with Crippen LogP contribution in [0.3, 0.4) is 0 Å². The summed E-state index contributed by atoms with van der Waals surface area (Å²) in [6.45, 7) is -0.921. The van der Waals surface area contributed by atoms with Gasteiger partial charge in [-0.2, -0.15) is 8.78 Å². The zero-order chi connectivity index (χ0) is 20.8. The van der Waals surface area contributed by atoms with Crippen molar-refractivity contribution in [2.24, 2.45) is 0 Å². The van der Waals surface area contributed by atoms with Crippen LogP contribution in [0.15, 0.2) is 60.7 Å². The summed E-state index contributed by atoms with van der Waals surface area (Å²) in [7, 11) is 0. The highest BCUT2D eigenvalue weighted by atomic mass is 19.3. The summed E-state index contributed by atoms with van der Waals surface area (Å²) >= 11 is 0. The van der Waals surface area contributed by atoms with E-state index in [0.29, 0.717) is 17.5 Å². The lowest BCUT2D eigenvalue weighted by atomic mass is 10.0. The summed E-state index contributed by atoms with van der Waals surface area (Å²) in [6, 6.07) is 15.9. The van der Waals surface area contributed by atoms with Gasteiger partial charge in [0.1, 0.15) is 17.4 Å². The molecule has 0 fully saturated rings. The van der Waals surface area contributed by atoms with Crippen molar-refractivity contribution in [3.63, 3.8) is 0 Å². The predicted molar refractivity (Wildman–Crippen MR) is 105 cm³/mol. The molecule has 0 atom stereocenters. The van der Waals surface area contributed by atoms with E-state index in [4.69, 9.17) is 0 Å². The van der Waals surface area contributed by atoms with Gasteiger partial charge in [-0.1, -0.05) is 49.5 Å². The first kappa shape index (κ1) is 20.5. The second-order valence-corrected chi connectivity index (χ2v) is 6.41. The fourth-order valence-corrected chi connectivity index (χ4v) is 2.89. The first-order valence-electron chi connectivity index (χ1n) is 9.11. The molecule has 0 N–H and O–H groups in total. The van der Waals surface area contributed by atoms with Gasteiger partial charge in [0.05, 0.1) is 5.56 Å². The van der Waals surface area contributed by atoms with E-state index in [-0.39, 0.29) is 11.3 Å². The number of halogens is 4. The van der Waals surface area contributed by atoms with Crippen LogP contribution in [-0.2, 0) is 6.42 Å². The van der Waals surface area contributed by atoms with Gasteiger partial charge < -0.3 is 4.74 Å². The van der Waals surface area contributed by atoms with Crippen LogP contribution in [0.1, 0.15) is 30.0 Å². The maximum absolute atomic E-state index is 14.1. The second-order valence-electron chi connectivity index (χ2n) is 6.41. The van der Waals surface area contributed by atoms with Crippen molar-refractivity contribution in [3.8, 4) is 28.7 Å². The average Bonchev–Trinajstić information content (AvgIpc) is 2.68. The van der Waals surface area contributed by atoms with Crippen molar-refractivity contribution >= 4 is 0 Å². The molecule has 0 amide bonds. The molecule has 0 aliphatic heterocycles. The first-order chi connectivity index (χ1) is 14.0. The van der Waals surface area contributed by atoms with Gasteiger partial charge >= 0.3 is 6.61 Å². The van der Waals surface area contributed by atoms with Crippen LogP contribution in [0.5, 0.6) is 5.75 Å². The van der Waals surface area contributed by atoms with Crippen molar-refractivity contribution < 1.29 is 22.3 Å². The van der Waals surface area contributed by atoms with Crippen molar-refractivity contribution in [2.75, 3.05) is 0 Å². The van der Waals surface area contributed by atoms with Crippen molar-refractivity contribution in [1.82, 2.24) is 0 Å². The van der Waals surface area contributed by atoms with E-state index in [9.17, 15) is 17.6 Å². The van der Waals surface area contributed by atoms with Crippen molar-refractivity contribution in [3.05, 3.63) is 89.0 Å².